The number of hydrogen-bond donors (Lipinski definition) is 1. The number of nitrogens with zero attached hydrogens (tertiary/aromatic N) is 3. The van der Waals surface area contributed by atoms with E-state index in [0.29, 0.717) is 12.3 Å². The lowest BCUT2D eigenvalue weighted by Gasteiger charge is -2.10. The molecule has 1 aliphatic heterocycles. The summed E-state index contributed by atoms with van der Waals surface area (Å²) in [6, 6.07) is 9.41. The van der Waals surface area contributed by atoms with Crippen LogP contribution < -0.4 is 10.1 Å². The largest absolute Gasteiger partial charge is 0.492 e. The smallest absolute Gasteiger partial charge is 0.235 e. The Bertz CT molecular complexity index is 871. The van der Waals surface area contributed by atoms with Gasteiger partial charge in [-0.2, -0.15) is 5.10 Å². The number of amides is 1. The average Bonchev–Trinajstić information content (AvgIpc) is 3.12. The van der Waals surface area contributed by atoms with E-state index in [4.69, 9.17) is 4.74 Å². The Kier molecular flexibility index (Phi) is 2.82. The van der Waals surface area contributed by atoms with Gasteiger partial charge >= 0.3 is 0 Å². The highest BCUT2D eigenvalue weighted by atomic mass is 16.5. The highest BCUT2D eigenvalue weighted by molar-refractivity contribution is 6.03. The normalized spacial score (nSPS) is 16.3. The van der Waals surface area contributed by atoms with Gasteiger partial charge in [-0.3, -0.25) is 9.48 Å². The van der Waals surface area contributed by atoms with Gasteiger partial charge in [0.05, 0.1) is 17.3 Å². The minimum Gasteiger partial charge on any atom is -0.492 e. The zero-order valence-electron chi connectivity index (χ0n) is 12.0. The number of rotatable bonds is 2. The number of benzene rings is 1. The molecule has 0 fully saturated rings. The lowest BCUT2D eigenvalue weighted by Crippen LogP contribution is -2.22. The van der Waals surface area contributed by atoms with Gasteiger partial charge in [0.15, 0.2) is 5.65 Å². The molecule has 1 amide bonds. The van der Waals surface area contributed by atoms with E-state index in [1.54, 1.807) is 23.1 Å². The maximum absolute atomic E-state index is 12.6. The van der Waals surface area contributed by atoms with Crippen LogP contribution in [0.1, 0.15) is 11.5 Å². The van der Waals surface area contributed by atoms with Crippen molar-refractivity contribution >= 4 is 22.6 Å². The number of para-hydroxylation sites is 1. The fourth-order valence-electron chi connectivity index (χ4n) is 2.75. The predicted octanol–water partition coefficient (Wildman–Crippen LogP) is 2.08. The number of pyridine rings is 1. The number of nitrogens with one attached hydrogen (secondary N) is 1. The van der Waals surface area contributed by atoms with E-state index in [9.17, 15) is 4.79 Å². The van der Waals surface area contributed by atoms with Crippen LogP contribution in [0.15, 0.2) is 42.7 Å². The second-order valence-corrected chi connectivity index (χ2v) is 5.25. The van der Waals surface area contributed by atoms with Gasteiger partial charge in [0.1, 0.15) is 18.3 Å². The van der Waals surface area contributed by atoms with Gasteiger partial charge < -0.3 is 10.1 Å². The van der Waals surface area contributed by atoms with Crippen LogP contribution in [0.4, 0.5) is 5.69 Å². The summed E-state index contributed by atoms with van der Waals surface area (Å²) in [5.74, 6) is 0.404. The zero-order valence-corrected chi connectivity index (χ0v) is 12.0. The van der Waals surface area contributed by atoms with Crippen molar-refractivity contribution in [1.29, 1.82) is 0 Å². The molecule has 22 heavy (non-hydrogen) atoms. The third-order valence-electron chi connectivity index (χ3n) is 3.91. The molecule has 4 rings (SSSR count). The molecule has 0 bridgehead atoms. The second kappa shape index (κ2) is 4.84. The van der Waals surface area contributed by atoms with Crippen LogP contribution in [-0.4, -0.2) is 27.3 Å². The van der Waals surface area contributed by atoms with E-state index >= 15 is 0 Å². The molecule has 3 heterocycles. The molecule has 6 nitrogen and oxygen atoms in total. The number of fused-ring (bicyclic) bond motifs is 2. The molecule has 0 saturated heterocycles. The number of hydrogen-bond acceptors (Lipinski definition) is 4. The molecule has 1 N–H and O–H groups in total. The van der Waals surface area contributed by atoms with Crippen LogP contribution >= 0.6 is 0 Å². The quantitative estimate of drug-likeness (QED) is 0.785. The van der Waals surface area contributed by atoms with E-state index in [1.807, 2.05) is 31.3 Å². The molecule has 0 saturated carbocycles. The van der Waals surface area contributed by atoms with E-state index in [2.05, 4.69) is 15.4 Å². The van der Waals surface area contributed by atoms with Crippen LogP contribution in [0, 0.1) is 0 Å². The number of aryl methyl sites for hydroxylation is 1. The first-order chi connectivity index (χ1) is 10.7. The number of carbonyl (C=O) groups is 1. The summed E-state index contributed by atoms with van der Waals surface area (Å²) in [6.07, 6.45) is 3.37. The van der Waals surface area contributed by atoms with Gasteiger partial charge in [-0.1, -0.05) is 18.2 Å². The van der Waals surface area contributed by atoms with Crippen molar-refractivity contribution in [3.05, 3.63) is 48.3 Å². The first kappa shape index (κ1) is 12.8. The molecule has 1 aromatic carbocycles. The van der Waals surface area contributed by atoms with Crippen LogP contribution in [0.25, 0.3) is 11.0 Å². The van der Waals surface area contributed by atoms with Crippen molar-refractivity contribution in [3.63, 3.8) is 0 Å². The van der Waals surface area contributed by atoms with Crippen LogP contribution in [0.5, 0.6) is 5.75 Å². The summed E-state index contributed by atoms with van der Waals surface area (Å²) < 4.78 is 7.25. The fourth-order valence-corrected chi connectivity index (χ4v) is 2.75. The Morgan fingerprint density at radius 2 is 2.23 bits per heavy atom. The Hall–Kier alpha value is -2.89. The molecule has 0 radical (unpaired) electrons. The third-order valence-corrected chi connectivity index (χ3v) is 3.91. The maximum atomic E-state index is 12.6. The lowest BCUT2D eigenvalue weighted by molar-refractivity contribution is -0.117. The monoisotopic (exact) mass is 294 g/mol. The summed E-state index contributed by atoms with van der Waals surface area (Å²) >= 11 is 0. The van der Waals surface area contributed by atoms with E-state index in [-0.39, 0.29) is 11.8 Å². The van der Waals surface area contributed by atoms with Gasteiger partial charge in [-0.15, -0.1) is 0 Å². The molecular weight excluding hydrogens is 280 g/mol. The van der Waals surface area contributed by atoms with Crippen molar-refractivity contribution < 1.29 is 9.53 Å². The van der Waals surface area contributed by atoms with Crippen molar-refractivity contribution in [2.75, 3.05) is 11.9 Å². The molecular formula is C16H14N4O2. The first-order valence-corrected chi connectivity index (χ1v) is 7.03. The molecule has 110 valence electrons. The average molecular weight is 294 g/mol. The van der Waals surface area contributed by atoms with E-state index < -0.39 is 0 Å². The Labute approximate surface area is 126 Å². The van der Waals surface area contributed by atoms with E-state index in [1.165, 1.54) is 0 Å². The van der Waals surface area contributed by atoms with Crippen molar-refractivity contribution in [2.45, 2.75) is 5.92 Å². The lowest BCUT2D eigenvalue weighted by atomic mass is 10.0. The van der Waals surface area contributed by atoms with Gasteiger partial charge in [-0.25, -0.2) is 4.98 Å². The zero-order chi connectivity index (χ0) is 15.1. The highest BCUT2D eigenvalue weighted by Crippen LogP contribution is 2.34. The number of anilines is 1. The fraction of sp³-hybridized carbons (Fsp3) is 0.188. The first-order valence-electron chi connectivity index (χ1n) is 7.03. The second-order valence-electron chi connectivity index (χ2n) is 5.25. The van der Waals surface area contributed by atoms with Crippen LogP contribution in [0.2, 0.25) is 0 Å². The molecule has 1 atom stereocenters. The summed E-state index contributed by atoms with van der Waals surface area (Å²) in [7, 11) is 1.82. The van der Waals surface area contributed by atoms with Crippen LogP contribution in [0.3, 0.4) is 0 Å². The minimum atomic E-state index is -0.295. The SMILES string of the molecule is Cn1ncc2c(NC(=O)C3COc4ccccc43)ccnc21. The van der Waals surface area contributed by atoms with Crippen molar-refractivity contribution in [3.8, 4) is 5.75 Å². The van der Waals surface area contributed by atoms with Crippen LogP contribution in [-0.2, 0) is 11.8 Å². The Morgan fingerprint density at radius 1 is 1.36 bits per heavy atom. The molecule has 1 unspecified atom stereocenters. The maximum Gasteiger partial charge on any atom is 0.235 e. The third kappa shape index (κ3) is 1.92. The Morgan fingerprint density at radius 3 is 3.14 bits per heavy atom. The Balaban J connectivity index is 1.65. The van der Waals surface area contributed by atoms with Gasteiger partial charge in [0.25, 0.3) is 0 Å². The standard InChI is InChI=1S/C16H14N4O2/c1-20-15-11(8-18-20)13(6-7-17-15)19-16(21)12-9-22-14-5-3-2-4-10(12)14/h2-8,12H,9H2,1H3,(H,17,19,21). The van der Waals surface area contributed by atoms with Gasteiger partial charge in [0.2, 0.25) is 5.91 Å². The number of ether oxygens (including phenoxy) is 1. The van der Waals surface area contributed by atoms with Crippen molar-refractivity contribution in [1.82, 2.24) is 14.8 Å². The summed E-state index contributed by atoms with van der Waals surface area (Å²) in [6.45, 7) is 0.368. The van der Waals surface area contributed by atoms with Gasteiger partial charge in [-0.05, 0) is 12.1 Å². The summed E-state index contributed by atoms with van der Waals surface area (Å²) in [4.78, 5) is 16.9. The van der Waals surface area contributed by atoms with E-state index in [0.717, 1.165) is 22.3 Å². The molecule has 1 aliphatic rings. The molecule has 6 heteroatoms. The molecule has 0 spiro atoms. The predicted molar refractivity (Wildman–Crippen MR) is 81.8 cm³/mol. The summed E-state index contributed by atoms with van der Waals surface area (Å²) in [5, 5.41) is 7.97. The van der Waals surface area contributed by atoms with Gasteiger partial charge in [0, 0.05) is 18.8 Å². The van der Waals surface area contributed by atoms with Crippen molar-refractivity contribution in [2.24, 2.45) is 7.05 Å². The molecule has 2 aromatic heterocycles. The number of carbonyl (C=O) groups excluding carboxylic acids is 1. The minimum absolute atomic E-state index is 0.0821. The number of aromatic nitrogens is 3. The summed E-state index contributed by atoms with van der Waals surface area (Å²) in [5.41, 5.74) is 2.38. The molecule has 3 aromatic rings. The molecule has 0 aliphatic carbocycles. The highest BCUT2D eigenvalue weighted by Gasteiger charge is 2.30. The topological polar surface area (TPSA) is 69.0 Å².